The highest BCUT2D eigenvalue weighted by Crippen LogP contribution is 2.12. The summed E-state index contributed by atoms with van der Waals surface area (Å²) in [5.41, 5.74) is 0.649. The quantitative estimate of drug-likeness (QED) is 0.678. The Hall–Kier alpha value is -1.62. The Balaban J connectivity index is 2.34. The Morgan fingerprint density at radius 1 is 1.47 bits per heavy atom. The van der Waals surface area contributed by atoms with Gasteiger partial charge in [-0.25, -0.2) is 9.78 Å². The van der Waals surface area contributed by atoms with Gasteiger partial charge in [-0.3, -0.25) is 0 Å². The van der Waals surface area contributed by atoms with Gasteiger partial charge in [0, 0.05) is 26.5 Å². The van der Waals surface area contributed by atoms with Crippen LogP contribution >= 0.6 is 0 Å². The highest BCUT2D eigenvalue weighted by Gasteiger charge is 2.09. The molecule has 0 aromatic carbocycles. The van der Waals surface area contributed by atoms with Crippen LogP contribution in [0.1, 0.15) is 29.8 Å². The van der Waals surface area contributed by atoms with Crippen LogP contribution in [0.15, 0.2) is 18.3 Å². The second kappa shape index (κ2) is 7.62. The Kier molecular flexibility index (Phi) is 6.03. The summed E-state index contributed by atoms with van der Waals surface area (Å²) in [5.74, 6) is -1.01. The molecule has 17 heavy (non-hydrogen) atoms. The van der Waals surface area contributed by atoms with Crippen molar-refractivity contribution >= 4 is 11.7 Å². The number of nitrogens with one attached hydrogen (secondary N) is 1. The average molecular weight is 238 g/mol. The monoisotopic (exact) mass is 238 g/mol. The number of unbranched alkanes of at least 4 members (excludes halogenated alkanes) is 2. The van der Waals surface area contributed by atoms with Crippen LogP contribution in [0.25, 0.3) is 0 Å². The zero-order valence-corrected chi connectivity index (χ0v) is 9.98. The fourth-order valence-electron chi connectivity index (χ4n) is 1.49. The second-order valence-electron chi connectivity index (χ2n) is 3.68. The first-order valence-electron chi connectivity index (χ1n) is 5.67. The minimum Gasteiger partial charge on any atom is -0.476 e. The van der Waals surface area contributed by atoms with Crippen molar-refractivity contribution in [1.29, 1.82) is 0 Å². The van der Waals surface area contributed by atoms with Crippen LogP contribution in [0, 0.1) is 0 Å². The Bertz CT molecular complexity index is 355. The maximum atomic E-state index is 10.9. The van der Waals surface area contributed by atoms with Gasteiger partial charge in [-0.15, -0.1) is 0 Å². The van der Waals surface area contributed by atoms with Gasteiger partial charge in [0.05, 0.1) is 5.69 Å². The van der Waals surface area contributed by atoms with Crippen LogP contribution in [0.2, 0.25) is 0 Å². The molecule has 5 heteroatoms. The predicted octanol–water partition coefficient (Wildman–Crippen LogP) is 2.01. The number of ether oxygens (including phenoxy) is 1. The zero-order valence-electron chi connectivity index (χ0n) is 9.98. The van der Waals surface area contributed by atoms with Crippen molar-refractivity contribution in [2.75, 3.05) is 25.6 Å². The van der Waals surface area contributed by atoms with E-state index in [1.165, 1.54) is 6.20 Å². The van der Waals surface area contributed by atoms with Crippen LogP contribution in [-0.2, 0) is 4.74 Å². The summed E-state index contributed by atoms with van der Waals surface area (Å²) in [4.78, 5) is 14.7. The lowest BCUT2D eigenvalue weighted by molar-refractivity contribution is 0.0691. The molecular weight excluding hydrogens is 220 g/mol. The molecule has 0 saturated heterocycles. The predicted molar refractivity (Wildman–Crippen MR) is 65.4 cm³/mol. The van der Waals surface area contributed by atoms with E-state index in [9.17, 15) is 4.79 Å². The van der Waals surface area contributed by atoms with Gasteiger partial charge in [-0.05, 0) is 31.4 Å². The first kappa shape index (κ1) is 13.4. The van der Waals surface area contributed by atoms with Gasteiger partial charge < -0.3 is 15.2 Å². The van der Waals surface area contributed by atoms with Gasteiger partial charge >= 0.3 is 5.97 Å². The normalized spacial score (nSPS) is 10.2. The van der Waals surface area contributed by atoms with Crippen molar-refractivity contribution < 1.29 is 14.6 Å². The number of carboxylic acid groups (broad SMARTS) is 1. The lowest BCUT2D eigenvalue weighted by Gasteiger charge is -2.08. The number of aromatic carboxylic acids is 1. The van der Waals surface area contributed by atoms with Crippen LogP contribution in [0.4, 0.5) is 5.69 Å². The Morgan fingerprint density at radius 3 is 3.00 bits per heavy atom. The van der Waals surface area contributed by atoms with Crippen molar-refractivity contribution in [1.82, 2.24) is 4.98 Å². The van der Waals surface area contributed by atoms with E-state index in [4.69, 9.17) is 9.84 Å². The van der Waals surface area contributed by atoms with Crippen molar-refractivity contribution in [3.63, 3.8) is 0 Å². The van der Waals surface area contributed by atoms with Gasteiger partial charge in [0.15, 0.2) is 5.69 Å². The van der Waals surface area contributed by atoms with Crippen molar-refractivity contribution in [2.24, 2.45) is 0 Å². The number of carboxylic acids is 1. The number of rotatable bonds is 8. The van der Waals surface area contributed by atoms with Gasteiger partial charge in [0.2, 0.25) is 0 Å². The van der Waals surface area contributed by atoms with Crippen LogP contribution in [-0.4, -0.2) is 36.3 Å². The highest BCUT2D eigenvalue weighted by molar-refractivity contribution is 5.91. The summed E-state index contributed by atoms with van der Waals surface area (Å²) in [5, 5.41) is 12.0. The molecule has 1 aromatic rings. The zero-order chi connectivity index (χ0) is 12.5. The second-order valence-corrected chi connectivity index (χ2v) is 3.68. The molecule has 0 amide bonds. The van der Waals surface area contributed by atoms with Gasteiger partial charge in [0.25, 0.3) is 0 Å². The third-order valence-electron chi connectivity index (χ3n) is 2.35. The topological polar surface area (TPSA) is 71.5 Å². The highest BCUT2D eigenvalue weighted by atomic mass is 16.5. The molecule has 1 rings (SSSR count). The van der Waals surface area contributed by atoms with Gasteiger partial charge in [0.1, 0.15) is 0 Å². The SMILES string of the molecule is COCCCCCNc1cccnc1C(=O)O. The van der Waals surface area contributed by atoms with Crippen LogP contribution < -0.4 is 5.32 Å². The number of hydrogen-bond acceptors (Lipinski definition) is 4. The van der Waals surface area contributed by atoms with E-state index in [1.54, 1.807) is 19.2 Å². The number of hydrogen-bond donors (Lipinski definition) is 2. The summed E-state index contributed by atoms with van der Waals surface area (Å²) >= 11 is 0. The fourth-order valence-corrected chi connectivity index (χ4v) is 1.49. The molecule has 0 aliphatic heterocycles. The first-order chi connectivity index (χ1) is 8.25. The standard InChI is InChI=1S/C12H18N2O3/c1-17-9-4-2-3-7-13-10-6-5-8-14-11(10)12(15)16/h5-6,8,13H,2-4,7,9H2,1H3,(H,15,16). The third kappa shape index (κ3) is 4.82. The molecule has 2 N–H and O–H groups in total. The summed E-state index contributed by atoms with van der Waals surface area (Å²) in [6.07, 6.45) is 4.55. The molecule has 0 atom stereocenters. The molecular formula is C12H18N2O3. The molecule has 0 bridgehead atoms. The number of methoxy groups -OCH3 is 1. The molecule has 0 unspecified atom stereocenters. The van der Waals surface area contributed by atoms with Crippen molar-refractivity contribution in [3.8, 4) is 0 Å². The molecule has 0 fully saturated rings. The van der Waals surface area contributed by atoms with Gasteiger partial charge in [-0.2, -0.15) is 0 Å². The molecule has 1 heterocycles. The number of pyridine rings is 1. The van der Waals surface area contributed by atoms with E-state index in [-0.39, 0.29) is 5.69 Å². The maximum Gasteiger partial charge on any atom is 0.356 e. The summed E-state index contributed by atoms with van der Waals surface area (Å²) in [7, 11) is 1.69. The molecule has 0 spiro atoms. The molecule has 1 aromatic heterocycles. The smallest absolute Gasteiger partial charge is 0.356 e. The van der Waals surface area contributed by atoms with E-state index in [2.05, 4.69) is 10.3 Å². The fraction of sp³-hybridized carbons (Fsp3) is 0.500. The molecule has 0 aliphatic rings. The largest absolute Gasteiger partial charge is 0.476 e. The lowest BCUT2D eigenvalue weighted by Crippen LogP contribution is -2.09. The van der Waals surface area contributed by atoms with Crippen LogP contribution in [0.3, 0.4) is 0 Å². The minimum atomic E-state index is -1.01. The minimum absolute atomic E-state index is 0.0735. The van der Waals surface area contributed by atoms with Crippen LogP contribution in [0.5, 0.6) is 0 Å². The Morgan fingerprint density at radius 2 is 2.29 bits per heavy atom. The number of nitrogens with zero attached hydrogens (tertiary/aromatic N) is 1. The van der Waals surface area contributed by atoms with E-state index in [1.807, 2.05) is 0 Å². The van der Waals surface area contributed by atoms with E-state index in [0.717, 1.165) is 32.4 Å². The van der Waals surface area contributed by atoms with E-state index < -0.39 is 5.97 Å². The summed E-state index contributed by atoms with van der Waals surface area (Å²) < 4.78 is 4.95. The molecule has 5 nitrogen and oxygen atoms in total. The molecule has 0 radical (unpaired) electrons. The van der Waals surface area contributed by atoms with Gasteiger partial charge in [-0.1, -0.05) is 0 Å². The third-order valence-corrected chi connectivity index (χ3v) is 2.35. The van der Waals surface area contributed by atoms with Crippen molar-refractivity contribution in [2.45, 2.75) is 19.3 Å². The molecule has 0 aliphatic carbocycles. The van der Waals surface area contributed by atoms with Crippen molar-refractivity contribution in [3.05, 3.63) is 24.0 Å². The molecule has 0 saturated carbocycles. The first-order valence-corrected chi connectivity index (χ1v) is 5.67. The number of anilines is 1. The summed E-state index contributed by atoms with van der Waals surface area (Å²) in [6.45, 7) is 1.52. The van der Waals surface area contributed by atoms with E-state index in [0.29, 0.717) is 5.69 Å². The lowest BCUT2D eigenvalue weighted by atomic mass is 10.2. The van der Waals surface area contributed by atoms with E-state index >= 15 is 0 Å². The Labute approximate surface area is 101 Å². The molecule has 94 valence electrons. The maximum absolute atomic E-state index is 10.9. The average Bonchev–Trinajstić information content (AvgIpc) is 2.34. The number of carbonyl (C=O) groups is 1. The summed E-state index contributed by atoms with van der Waals surface area (Å²) in [6, 6.07) is 3.45. The number of aromatic nitrogens is 1.